The fourth-order valence-corrected chi connectivity index (χ4v) is 4.00. The maximum absolute atomic E-state index is 13.3. The second-order valence-corrected chi connectivity index (χ2v) is 8.08. The van der Waals surface area contributed by atoms with Gasteiger partial charge in [0.2, 0.25) is 0 Å². The first kappa shape index (κ1) is 20.8. The Kier molecular flexibility index (Phi) is 5.83. The number of ketones is 1. The molecule has 0 aliphatic carbocycles. The zero-order valence-corrected chi connectivity index (χ0v) is 18.5. The number of aromatic nitrogens is 4. The summed E-state index contributed by atoms with van der Waals surface area (Å²) in [4.78, 5) is 15.6. The smallest absolute Gasteiger partial charge is 0.187 e. The molecule has 0 bridgehead atoms. The van der Waals surface area contributed by atoms with Crippen molar-refractivity contribution in [2.45, 2.75) is 6.92 Å². The highest BCUT2D eigenvalue weighted by atomic mass is 16.1. The molecule has 0 amide bonds. The number of piperidine rings is 1. The third-order valence-electron chi connectivity index (χ3n) is 5.75. The molecule has 0 spiro atoms. The summed E-state index contributed by atoms with van der Waals surface area (Å²) in [5.74, 6) is 0.0830. The van der Waals surface area contributed by atoms with Crippen molar-refractivity contribution < 1.29 is 4.79 Å². The normalized spacial score (nSPS) is 17.2. The van der Waals surface area contributed by atoms with Crippen LogP contribution in [0.25, 0.3) is 23.5 Å². The molecule has 164 valence electrons. The molecule has 0 unspecified atom stereocenters. The lowest BCUT2D eigenvalue weighted by Crippen LogP contribution is -2.37. The van der Waals surface area contributed by atoms with Crippen molar-refractivity contribution in [3.05, 3.63) is 108 Å². The minimum Gasteiger partial charge on any atom is -0.295 e. The second-order valence-electron chi connectivity index (χ2n) is 8.08. The van der Waals surface area contributed by atoms with Gasteiger partial charge in [0.05, 0.1) is 23.8 Å². The van der Waals surface area contributed by atoms with Crippen LogP contribution >= 0.6 is 0 Å². The van der Waals surface area contributed by atoms with Crippen molar-refractivity contribution in [3.63, 3.8) is 0 Å². The summed E-state index contributed by atoms with van der Waals surface area (Å²) in [6, 6.07) is 19.9. The van der Waals surface area contributed by atoms with Crippen LogP contribution in [-0.2, 0) is 4.79 Å². The zero-order valence-electron chi connectivity index (χ0n) is 18.5. The van der Waals surface area contributed by atoms with E-state index in [0.717, 1.165) is 40.2 Å². The summed E-state index contributed by atoms with van der Waals surface area (Å²) < 4.78 is 3.65. The number of carbonyl (C=O) groups excluding carboxylic acids is 1. The van der Waals surface area contributed by atoms with Gasteiger partial charge in [-0.2, -0.15) is 10.2 Å². The van der Waals surface area contributed by atoms with Crippen LogP contribution in [0.4, 0.5) is 0 Å². The van der Waals surface area contributed by atoms with Crippen LogP contribution in [0, 0.1) is 0 Å². The lowest BCUT2D eigenvalue weighted by atomic mass is 9.95. The highest BCUT2D eigenvalue weighted by molar-refractivity contribution is 6.14. The van der Waals surface area contributed by atoms with Crippen molar-refractivity contribution in [2.24, 2.45) is 0 Å². The number of likely N-dealkylation sites (tertiary alicyclic amines) is 1. The summed E-state index contributed by atoms with van der Waals surface area (Å²) in [6.07, 6.45) is 11.4. The van der Waals surface area contributed by atoms with E-state index in [1.54, 1.807) is 12.4 Å². The molecule has 0 atom stereocenters. The molecule has 6 heteroatoms. The van der Waals surface area contributed by atoms with Gasteiger partial charge < -0.3 is 0 Å². The molecule has 1 aliphatic heterocycles. The highest BCUT2D eigenvalue weighted by Gasteiger charge is 2.25. The Labute approximate surface area is 193 Å². The van der Waals surface area contributed by atoms with Gasteiger partial charge in [-0.15, -0.1) is 0 Å². The SMILES string of the molecule is CCN1C/C(=C/c2cnn(-c3ccccc3)c2)C(=O)/C(=C/c2cnn(-c3ccccc3)c2)C1. The Balaban J connectivity index is 1.42. The molecule has 2 aromatic heterocycles. The molecular weight excluding hydrogens is 410 g/mol. The number of Topliss-reactive ketones (excluding diaryl/α,β-unsaturated/α-hetero) is 1. The number of benzene rings is 2. The summed E-state index contributed by atoms with van der Waals surface area (Å²) in [7, 11) is 0. The molecular formula is C27H25N5O. The lowest BCUT2D eigenvalue weighted by molar-refractivity contribution is -0.113. The van der Waals surface area contributed by atoms with Crippen molar-refractivity contribution >= 4 is 17.9 Å². The highest BCUT2D eigenvalue weighted by Crippen LogP contribution is 2.22. The summed E-state index contributed by atoms with van der Waals surface area (Å²) in [5, 5.41) is 8.91. The van der Waals surface area contributed by atoms with E-state index in [2.05, 4.69) is 22.0 Å². The summed E-state index contributed by atoms with van der Waals surface area (Å²) in [6.45, 7) is 4.25. The molecule has 0 saturated carbocycles. The Morgan fingerprint density at radius 2 is 1.21 bits per heavy atom. The molecule has 1 fully saturated rings. The molecule has 1 saturated heterocycles. The van der Waals surface area contributed by atoms with E-state index in [-0.39, 0.29) is 5.78 Å². The lowest BCUT2D eigenvalue weighted by Gasteiger charge is -2.28. The molecule has 5 rings (SSSR count). The zero-order chi connectivity index (χ0) is 22.6. The summed E-state index contributed by atoms with van der Waals surface area (Å²) in [5.41, 5.74) is 5.36. The van der Waals surface area contributed by atoms with Gasteiger partial charge in [-0.1, -0.05) is 43.3 Å². The maximum Gasteiger partial charge on any atom is 0.187 e. The van der Waals surface area contributed by atoms with E-state index in [0.29, 0.717) is 13.1 Å². The van der Waals surface area contributed by atoms with Crippen LogP contribution < -0.4 is 0 Å². The van der Waals surface area contributed by atoms with Gasteiger partial charge in [-0.05, 0) is 43.0 Å². The first-order valence-corrected chi connectivity index (χ1v) is 11.1. The Morgan fingerprint density at radius 3 is 1.64 bits per heavy atom. The van der Waals surface area contributed by atoms with E-state index in [9.17, 15) is 4.79 Å². The first-order chi connectivity index (χ1) is 16.2. The molecule has 2 aromatic carbocycles. The van der Waals surface area contributed by atoms with Crippen LogP contribution in [-0.4, -0.2) is 49.9 Å². The number of para-hydroxylation sites is 2. The first-order valence-electron chi connectivity index (χ1n) is 11.1. The summed E-state index contributed by atoms with van der Waals surface area (Å²) >= 11 is 0. The number of likely N-dealkylation sites (N-methyl/N-ethyl adjacent to an activating group) is 1. The number of hydrogen-bond donors (Lipinski definition) is 0. The van der Waals surface area contributed by atoms with E-state index >= 15 is 0 Å². The van der Waals surface area contributed by atoms with Crippen molar-refractivity contribution in [1.29, 1.82) is 0 Å². The minimum absolute atomic E-state index is 0.0830. The van der Waals surface area contributed by atoms with Crippen LogP contribution in [0.2, 0.25) is 0 Å². The third-order valence-corrected chi connectivity index (χ3v) is 5.75. The standard InChI is InChI=1S/C27H25N5O/c1-2-30-19-23(13-21-15-28-31(17-21)25-9-5-3-6-10-25)27(33)24(20-30)14-22-16-29-32(18-22)26-11-7-4-8-12-26/h3-18H,2,19-20H2,1H3/b23-13-,24-14+. The second kappa shape index (κ2) is 9.22. The van der Waals surface area contributed by atoms with Gasteiger partial charge >= 0.3 is 0 Å². The van der Waals surface area contributed by atoms with Gasteiger partial charge in [0, 0.05) is 47.8 Å². The van der Waals surface area contributed by atoms with Gasteiger partial charge in [-0.25, -0.2) is 9.36 Å². The minimum atomic E-state index is 0.0830. The molecule has 0 N–H and O–H groups in total. The fourth-order valence-electron chi connectivity index (χ4n) is 4.00. The average Bonchev–Trinajstić information content (AvgIpc) is 3.52. The van der Waals surface area contributed by atoms with E-state index in [4.69, 9.17) is 0 Å². The number of carbonyl (C=O) groups is 1. The van der Waals surface area contributed by atoms with Crippen molar-refractivity contribution in [3.8, 4) is 11.4 Å². The molecule has 4 aromatic rings. The predicted octanol–water partition coefficient (Wildman–Crippen LogP) is 4.43. The number of nitrogens with zero attached hydrogens (tertiary/aromatic N) is 5. The Bertz CT molecular complexity index is 1220. The molecule has 33 heavy (non-hydrogen) atoms. The topological polar surface area (TPSA) is 56.0 Å². The molecule has 1 aliphatic rings. The number of rotatable bonds is 5. The van der Waals surface area contributed by atoms with Gasteiger partial charge in [0.1, 0.15) is 0 Å². The average molecular weight is 436 g/mol. The fraction of sp³-hybridized carbons (Fsp3) is 0.148. The van der Waals surface area contributed by atoms with E-state index < -0.39 is 0 Å². The van der Waals surface area contributed by atoms with Gasteiger partial charge in [0.25, 0.3) is 0 Å². The predicted molar refractivity (Wildman–Crippen MR) is 130 cm³/mol. The van der Waals surface area contributed by atoms with Gasteiger partial charge in [0.15, 0.2) is 5.78 Å². The maximum atomic E-state index is 13.3. The quantitative estimate of drug-likeness (QED) is 0.435. The molecule has 3 heterocycles. The largest absolute Gasteiger partial charge is 0.295 e. The molecule has 6 nitrogen and oxygen atoms in total. The van der Waals surface area contributed by atoms with E-state index in [1.165, 1.54) is 0 Å². The van der Waals surface area contributed by atoms with E-state index in [1.807, 2.05) is 94.6 Å². The number of hydrogen-bond acceptors (Lipinski definition) is 4. The Morgan fingerprint density at radius 1 is 0.758 bits per heavy atom. The van der Waals surface area contributed by atoms with Gasteiger partial charge in [-0.3, -0.25) is 9.69 Å². The van der Waals surface area contributed by atoms with Crippen LogP contribution in [0.1, 0.15) is 18.1 Å². The van der Waals surface area contributed by atoms with Crippen molar-refractivity contribution in [2.75, 3.05) is 19.6 Å². The van der Waals surface area contributed by atoms with Crippen LogP contribution in [0.5, 0.6) is 0 Å². The Hall–Kier alpha value is -4.03. The third kappa shape index (κ3) is 4.61. The monoisotopic (exact) mass is 435 g/mol. The molecule has 0 radical (unpaired) electrons. The van der Waals surface area contributed by atoms with Crippen LogP contribution in [0.15, 0.2) is 96.6 Å². The van der Waals surface area contributed by atoms with Crippen molar-refractivity contribution in [1.82, 2.24) is 24.5 Å². The van der Waals surface area contributed by atoms with Crippen LogP contribution in [0.3, 0.4) is 0 Å².